The fourth-order valence-corrected chi connectivity index (χ4v) is 12.2. The van der Waals surface area contributed by atoms with Crippen LogP contribution in [0, 0.1) is 0 Å². The van der Waals surface area contributed by atoms with Gasteiger partial charge in [-0.3, -0.25) is 14.3 Å². The van der Waals surface area contributed by atoms with E-state index in [0.29, 0.717) is 13.2 Å². The summed E-state index contributed by atoms with van der Waals surface area (Å²) >= 11 is 0. The van der Waals surface area contributed by atoms with E-state index in [9.17, 15) is 9.59 Å². The molecule has 2 aliphatic rings. The summed E-state index contributed by atoms with van der Waals surface area (Å²) in [6, 6.07) is 36.3. The minimum atomic E-state index is -2.97. The van der Waals surface area contributed by atoms with E-state index in [4.69, 9.17) is 18.7 Å². The van der Waals surface area contributed by atoms with E-state index in [-0.39, 0.29) is 11.6 Å². The van der Waals surface area contributed by atoms with Gasteiger partial charge >= 0.3 is 5.69 Å². The second-order valence-corrected chi connectivity index (χ2v) is 18.0. The Morgan fingerprint density at radius 3 is 2.15 bits per heavy atom. The first kappa shape index (κ1) is 32.4. The fourth-order valence-electron chi connectivity index (χ4n) is 7.58. The highest BCUT2D eigenvalue weighted by atomic mass is 28.4. The highest BCUT2D eigenvalue weighted by molar-refractivity contribution is 6.99. The van der Waals surface area contributed by atoms with Gasteiger partial charge in [0.15, 0.2) is 6.23 Å². The van der Waals surface area contributed by atoms with Crippen molar-refractivity contribution in [2.45, 2.75) is 56.4 Å². The number of hydrogen-bond acceptors (Lipinski definition) is 7. The highest BCUT2D eigenvalue weighted by Gasteiger charge is 2.67. The summed E-state index contributed by atoms with van der Waals surface area (Å²) in [5.74, 6) is 0. The van der Waals surface area contributed by atoms with Gasteiger partial charge in [0.2, 0.25) is 0 Å². The summed E-state index contributed by atoms with van der Waals surface area (Å²) < 4.78 is 22.6. The van der Waals surface area contributed by atoms with E-state index in [1.807, 2.05) is 29.3 Å². The van der Waals surface area contributed by atoms with Gasteiger partial charge in [0, 0.05) is 12.3 Å². The summed E-state index contributed by atoms with van der Waals surface area (Å²) in [5, 5.41) is 6.15. The van der Waals surface area contributed by atoms with Gasteiger partial charge in [-0.15, -0.1) is 0 Å². The van der Waals surface area contributed by atoms with Crippen LogP contribution in [0.2, 0.25) is 5.04 Å². The van der Waals surface area contributed by atoms with E-state index in [2.05, 4.69) is 105 Å². The zero-order valence-corrected chi connectivity index (χ0v) is 28.7. The first-order chi connectivity index (χ1) is 23.1. The smallest absolute Gasteiger partial charge is 0.330 e. The molecular weight excluding hydrogens is 623 g/mol. The van der Waals surface area contributed by atoms with Crippen molar-refractivity contribution >= 4 is 29.5 Å². The van der Waals surface area contributed by atoms with Gasteiger partial charge in [-0.25, -0.2) is 4.79 Å². The van der Waals surface area contributed by atoms with Crippen LogP contribution in [0.25, 0.3) is 10.8 Å². The van der Waals surface area contributed by atoms with Crippen LogP contribution in [0.5, 0.6) is 0 Å². The Hall–Kier alpha value is -4.16. The second-order valence-electron chi connectivity index (χ2n) is 13.7. The van der Waals surface area contributed by atoms with Gasteiger partial charge in [0.25, 0.3) is 13.9 Å². The molecule has 3 heterocycles. The monoisotopic (exact) mass is 663 g/mol. The number of morpholine rings is 1. The molecule has 0 unspecified atom stereocenters. The maximum atomic E-state index is 13.1. The Morgan fingerprint density at radius 2 is 1.52 bits per heavy atom. The standard InChI is InChI=1S/C38H41N3O6Si/c1-37(2,3)48(30-15-7-5-8-16-30,31-17-9-6-10-18-31)46-26-38-25-41(44-4)33(35(47-38)40-22-21-32(42)39-36(40)43)34(38)45-24-27-19-20-28-13-11-12-14-29(28)23-27/h5-23,33-35H,24-26H2,1-4H3,(H,39,42,43)/t33-,34+,35-,38-/m1/s1. The molecule has 0 spiro atoms. The number of hydroxylamine groups is 2. The summed E-state index contributed by atoms with van der Waals surface area (Å²) in [6.07, 6.45) is 0.135. The molecule has 1 N–H and O–H groups in total. The zero-order chi connectivity index (χ0) is 33.5. The normalized spacial score (nSPS) is 22.8. The molecule has 2 saturated heterocycles. The van der Waals surface area contributed by atoms with Crippen LogP contribution in [-0.2, 0) is 25.3 Å². The van der Waals surface area contributed by atoms with Crippen molar-refractivity contribution in [1.82, 2.24) is 14.6 Å². The Labute approximate surface area is 280 Å². The predicted octanol–water partition coefficient (Wildman–Crippen LogP) is 4.37. The van der Waals surface area contributed by atoms with Crippen molar-refractivity contribution in [3.05, 3.63) is 142 Å². The van der Waals surface area contributed by atoms with Crippen LogP contribution >= 0.6 is 0 Å². The molecular formula is C38H41N3O6Si. The molecule has 0 amide bonds. The minimum absolute atomic E-state index is 0.188. The first-order valence-electron chi connectivity index (χ1n) is 16.3. The van der Waals surface area contributed by atoms with Crippen molar-refractivity contribution in [3.8, 4) is 0 Å². The zero-order valence-electron chi connectivity index (χ0n) is 27.7. The highest BCUT2D eigenvalue weighted by Crippen LogP contribution is 2.49. The molecule has 1 aromatic heterocycles. The summed E-state index contributed by atoms with van der Waals surface area (Å²) in [7, 11) is -1.36. The number of aromatic nitrogens is 2. The topological polar surface area (TPSA) is 95.0 Å². The summed E-state index contributed by atoms with van der Waals surface area (Å²) in [5.41, 5.74) is -1.03. The second kappa shape index (κ2) is 12.7. The van der Waals surface area contributed by atoms with Gasteiger partial charge in [0.05, 0.1) is 26.9 Å². The number of aromatic amines is 1. The van der Waals surface area contributed by atoms with Crippen LogP contribution in [0.3, 0.4) is 0 Å². The summed E-state index contributed by atoms with van der Waals surface area (Å²) in [4.78, 5) is 33.5. The Kier molecular flexibility index (Phi) is 8.57. The molecule has 0 saturated carbocycles. The van der Waals surface area contributed by atoms with Crippen LogP contribution in [-0.4, -0.2) is 60.9 Å². The van der Waals surface area contributed by atoms with E-state index in [0.717, 1.165) is 26.7 Å². The number of rotatable bonds is 10. The van der Waals surface area contributed by atoms with Crippen molar-refractivity contribution < 1.29 is 18.7 Å². The van der Waals surface area contributed by atoms with E-state index >= 15 is 0 Å². The first-order valence-corrected chi connectivity index (χ1v) is 18.2. The predicted molar refractivity (Wildman–Crippen MR) is 188 cm³/mol. The maximum Gasteiger partial charge on any atom is 0.330 e. The lowest BCUT2D eigenvalue weighted by Gasteiger charge is -2.45. The molecule has 2 bridgehead atoms. The Bertz CT molecular complexity index is 1970. The van der Waals surface area contributed by atoms with Crippen LogP contribution in [0.1, 0.15) is 32.6 Å². The largest absolute Gasteiger partial charge is 0.404 e. The van der Waals surface area contributed by atoms with E-state index in [1.165, 1.54) is 16.8 Å². The SMILES string of the molecule is CON1C[C@]2(CO[Si](c3ccccc3)(c3ccccc3)C(C)(C)C)O[C@@H](n3ccc(=O)[nH]c3=O)[C@H]1[C@@H]2OCc1ccc2ccccc2c1. The summed E-state index contributed by atoms with van der Waals surface area (Å²) in [6.45, 7) is 7.59. The molecule has 7 rings (SSSR count). The molecule has 0 radical (unpaired) electrons. The molecule has 4 atom stereocenters. The lowest BCUT2D eigenvalue weighted by molar-refractivity contribution is -0.239. The van der Waals surface area contributed by atoms with Gasteiger partial charge in [0.1, 0.15) is 17.7 Å². The number of nitrogens with zero attached hydrogens (tertiary/aromatic N) is 2. The number of H-pyrrole nitrogens is 1. The molecule has 248 valence electrons. The molecule has 2 fully saturated rings. The van der Waals surface area contributed by atoms with Crippen molar-refractivity contribution in [2.75, 3.05) is 20.3 Å². The molecule has 0 aliphatic carbocycles. The van der Waals surface area contributed by atoms with E-state index < -0.39 is 43.5 Å². The van der Waals surface area contributed by atoms with Crippen molar-refractivity contribution in [3.63, 3.8) is 0 Å². The number of fused-ring (bicyclic) bond motifs is 3. The molecule has 10 heteroatoms. The Morgan fingerprint density at radius 1 is 0.875 bits per heavy atom. The lowest BCUT2D eigenvalue weighted by Crippen LogP contribution is -2.68. The van der Waals surface area contributed by atoms with Gasteiger partial charge in [-0.2, -0.15) is 5.06 Å². The quantitative estimate of drug-likeness (QED) is 0.222. The van der Waals surface area contributed by atoms with Crippen LogP contribution in [0.4, 0.5) is 0 Å². The number of nitrogens with one attached hydrogen (secondary N) is 1. The van der Waals surface area contributed by atoms with Gasteiger partial charge in [-0.05, 0) is 37.8 Å². The van der Waals surface area contributed by atoms with Crippen molar-refractivity contribution in [1.29, 1.82) is 0 Å². The average Bonchev–Trinajstić information content (AvgIpc) is 3.57. The Balaban J connectivity index is 1.31. The number of hydrogen-bond donors (Lipinski definition) is 1. The average molecular weight is 664 g/mol. The molecule has 9 nitrogen and oxygen atoms in total. The van der Waals surface area contributed by atoms with Gasteiger partial charge in [-0.1, -0.05) is 118 Å². The van der Waals surface area contributed by atoms with E-state index in [1.54, 1.807) is 7.11 Å². The fraction of sp³-hybridized carbons (Fsp3) is 0.316. The van der Waals surface area contributed by atoms with Crippen LogP contribution in [0.15, 0.2) is 125 Å². The van der Waals surface area contributed by atoms with Crippen molar-refractivity contribution in [2.24, 2.45) is 0 Å². The third kappa shape index (κ3) is 5.58. The number of ether oxygens (including phenoxy) is 2. The molecule has 2 aliphatic heterocycles. The molecule has 48 heavy (non-hydrogen) atoms. The minimum Gasteiger partial charge on any atom is -0.404 e. The lowest BCUT2D eigenvalue weighted by atomic mass is 10.00. The third-order valence-corrected chi connectivity index (χ3v) is 14.8. The molecule has 5 aromatic rings. The molecule has 4 aromatic carbocycles. The third-order valence-electron chi connectivity index (χ3n) is 9.79. The number of benzene rings is 4. The van der Waals surface area contributed by atoms with Crippen LogP contribution < -0.4 is 21.6 Å². The maximum absolute atomic E-state index is 13.1. The van der Waals surface area contributed by atoms with Gasteiger partial charge < -0.3 is 18.7 Å².